The molecule has 0 saturated carbocycles. The van der Waals surface area contributed by atoms with Gasteiger partial charge in [-0.1, -0.05) is 6.07 Å². The Bertz CT molecular complexity index is 697. The third kappa shape index (κ3) is 3.43. The average molecular weight is 347 g/mol. The summed E-state index contributed by atoms with van der Waals surface area (Å²) in [5.41, 5.74) is 0.782. The molecule has 3 rings (SSSR count). The maximum Gasteiger partial charge on any atom is 0.257 e. The molecule has 0 bridgehead atoms. The Morgan fingerprint density at radius 3 is 3.00 bits per heavy atom. The molecule has 1 aliphatic heterocycles. The monoisotopic (exact) mass is 347 g/mol. The van der Waals surface area contributed by atoms with E-state index in [1.165, 1.54) is 0 Å². The van der Waals surface area contributed by atoms with Crippen molar-refractivity contribution in [3.63, 3.8) is 0 Å². The second-order valence-corrected chi connectivity index (χ2v) is 6.92. The van der Waals surface area contributed by atoms with E-state index in [4.69, 9.17) is 4.42 Å². The largest absolute Gasteiger partial charge is 0.463 e. The van der Waals surface area contributed by atoms with Crippen LogP contribution in [0.25, 0.3) is 0 Å². The van der Waals surface area contributed by atoms with E-state index in [-0.39, 0.29) is 31.1 Å². The first-order valence-electron chi connectivity index (χ1n) is 7.88. The molecule has 2 atom stereocenters. The third-order valence-corrected chi connectivity index (χ3v) is 5.22. The zero-order valence-corrected chi connectivity index (χ0v) is 14.6. The SMILES string of the molecule is CC(CO)N(C)CC(=O)N1N=C(c2ccco2)CC1c1cccs1. The van der Waals surface area contributed by atoms with Crippen molar-refractivity contribution in [3.05, 3.63) is 46.5 Å². The first-order valence-corrected chi connectivity index (χ1v) is 8.76. The highest BCUT2D eigenvalue weighted by Gasteiger charge is 2.35. The predicted molar refractivity (Wildman–Crippen MR) is 92.9 cm³/mol. The Balaban J connectivity index is 1.82. The number of carbonyl (C=O) groups excluding carboxylic acids is 1. The van der Waals surface area contributed by atoms with Crippen molar-refractivity contribution in [2.45, 2.75) is 25.4 Å². The molecular formula is C17H21N3O3S. The molecule has 0 saturated heterocycles. The number of likely N-dealkylation sites (N-methyl/N-ethyl adjacent to an activating group) is 1. The zero-order valence-electron chi connectivity index (χ0n) is 13.8. The number of nitrogens with zero attached hydrogens (tertiary/aromatic N) is 3. The van der Waals surface area contributed by atoms with Crippen LogP contribution < -0.4 is 0 Å². The minimum Gasteiger partial charge on any atom is -0.463 e. The molecule has 3 heterocycles. The van der Waals surface area contributed by atoms with Crippen molar-refractivity contribution in [2.24, 2.45) is 5.10 Å². The van der Waals surface area contributed by atoms with Gasteiger partial charge >= 0.3 is 0 Å². The van der Waals surface area contributed by atoms with E-state index in [0.717, 1.165) is 10.6 Å². The molecule has 1 amide bonds. The van der Waals surface area contributed by atoms with Crippen LogP contribution in [0.2, 0.25) is 0 Å². The molecule has 24 heavy (non-hydrogen) atoms. The summed E-state index contributed by atoms with van der Waals surface area (Å²) >= 11 is 1.62. The van der Waals surface area contributed by atoms with Gasteiger partial charge in [0.2, 0.25) is 0 Å². The summed E-state index contributed by atoms with van der Waals surface area (Å²) in [6.07, 6.45) is 2.25. The van der Waals surface area contributed by atoms with Crippen molar-refractivity contribution in [1.82, 2.24) is 9.91 Å². The summed E-state index contributed by atoms with van der Waals surface area (Å²) < 4.78 is 5.44. The van der Waals surface area contributed by atoms with E-state index in [9.17, 15) is 9.90 Å². The van der Waals surface area contributed by atoms with E-state index in [1.54, 1.807) is 22.6 Å². The van der Waals surface area contributed by atoms with Gasteiger partial charge in [0.05, 0.1) is 25.5 Å². The van der Waals surface area contributed by atoms with Crippen LogP contribution in [0, 0.1) is 0 Å². The number of hydrazone groups is 1. The van der Waals surface area contributed by atoms with Crippen LogP contribution in [0.1, 0.15) is 30.0 Å². The Morgan fingerprint density at radius 2 is 2.38 bits per heavy atom. The van der Waals surface area contributed by atoms with Crippen LogP contribution in [0.4, 0.5) is 0 Å². The van der Waals surface area contributed by atoms with E-state index in [0.29, 0.717) is 12.2 Å². The van der Waals surface area contributed by atoms with E-state index in [1.807, 2.05) is 48.5 Å². The Morgan fingerprint density at radius 1 is 1.54 bits per heavy atom. The van der Waals surface area contributed by atoms with Crippen LogP contribution in [-0.2, 0) is 4.79 Å². The molecule has 2 aromatic rings. The molecule has 0 aliphatic carbocycles. The summed E-state index contributed by atoms with van der Waals surface area (Å²) in [7, 11) is 1.83. The van der Waals surface area contributed by atoms with Gasteiger partial charge in [-0.25, -0.2) is 5.01 Å². The van der Waals surface area contributed by atoms with Gasteiger partial charge in [-0.2, -0.15) is 5.10 Å². The maximum absolute atomic E-state index is 12.8. The van der Waals surface area contributed by atoms with Crippen LogP contribution >= 0.6 is 11.3 Å². The smallest absolute Gasteiger partial charge is 0.257 e. The fraction of sp³-hybridized carbons (Fsp3) is 0.412. The second-order valence-electron chi connectivity index (χ2n) is 5.94. The molecule has 7 heteroatoms. The molecule has 1 N–H and O–H groups in total. The van der Waals surface area contributed by atoms with E-state index < -0.39 is 0 Å². The molecule has 128 valence electrons. The normalized spacial score (nSPS) is 18.9. The lowest BCUT2D eigenvalue weighted by atomic mass is 10.1. The minimum atomic E-state index is -0.101. The number of aliphatic hydroxyl groups is 1. The summed E-state index contributed by atoms with van der Waals surface area (Å²) in [6.45, 7) is 2.10. The van der Waals surface area contributed by atoms with Gasteiger partial charge in [-0.05, 0) is 37.6 Å². The third-order valence-electron chi connectivity index (χ3n) is 4.24. The highest BCUT2D eigenvalue weighted by molar-refractivity contribution is 7.10. The van der Waals surface area contributed by atoms with E-state index >= 15 is 0 Å². The lowest BCUT2D eigenvalue weighted by Gasteiger charge is -2.26. The van der Waals surface area contributed by atoms with Gasteiger partial charge in [0, 0.05) is 17.3 Å². The lowest BCUT2D eigenvalue weighted by molar-refractivity contribution is -0.134. The molecule has 0 spiro atoms. The molecule has 0 radical (unpaired) electrons. The predicted octanol–water partition coefficient (Wildman–Crippen LogP) is 2.33. The number of hydrogen-bond acceptors (Lipinski definition) is 6. The molecular weight excluding hydrogens is 326 g/mol. The Labute approximate surface area is 145 Å². The van der Waals surface area contributed by atoms with E-state index in [2.05, 4.69) is 5.10 Å². The second kappa shape index (κ2) is 7.29. The van der Waals surface area contributed by atoms with Gasteiger partial charge in [-0.15, -0.1) is 11.3 Å². The zero-order chi connectivity index (χ0) is 17.1. The summed E-state index contributed by atoms with van der Waals surface area (Å²) in [6, 6.07) is 7.50. The van der Waals surface area contributed by atoms with Crippen LogP contribution in [0.5, 0.6) is 0 Å². The number of amides is 1. The van der Waals surface area contributed by atoms with Gasteiger partial charge in [0.15, 0.2) is 0 Å². The lowest BCUT2D eigenvalue weighted by Crippen LogP contribution is -2.41. The average Bonchev–Trinajstić information content (AvgIpc) is 3.33. The van der Waals surface area contributed by atoms with Gasteiger partial charge in [0.25, 0.3) is 5.91 Å². The highest BCUT2D eigenvalue weighted by atomic mass is 32.1. The van der Waals surface area contributed by atoms with Gasteiger partial charge < -0.3 is 9.52 Å². The standard InChI is InChI=1S/C17H21N3O3S/c1-12(11-21)19(2)10-17(22)20-14(16-6-4-8-24-16)9-13(18-20)15-5-3-7-23-15/h3-8,12,14,21H,9-11H2,1-2H3. The highest BCUT2D eigenvalue weighted by Crippen LogP contribution is 2.35. The Kier molecular flexibility index (Phi) is 5.13. The van der Waals surface area contributed by atoms with Crippen LogP contribution in [0.15, 0.2) is 45.4 Å². The number of furan rings is 1. The molecule has 2 aromatic heterocycles. The van der Waals surface area contributed by atoms with Crippen molar-refractivity contribution < 1.29 is 14.3 Å². The summed E-state index contributed by atoms with van der Waals surface area (Å²) in [5.74, 6) is 0.613. The first kappa shape index (κ1) is 16.9. The fourth-order valence-electron chi connectivity index (χ4n) is 2.62. The minimum absolute atomic E-state index is 0.0129. The van der Waals surface area contributed by atoms with Crippen molar-refractivity contribution in [3.8, 4) is 0 Å². The first-order chi connectivity index (χ1) is 11.6. The fourth-order valence-corrected chi connectivity index (χ4v) is 3.43. The number of hydrogen-bond donors (Lipinski definition) is 1. The van der Waals surface area contributed by atoms with Crippen molar-refractivity contribution >= 4 is 23.0 Å². The number of aliphatic hydroxyl groups excluding tert-OH is 1. The Hall–Kier alpha value is -1.96. The quantitative estimate of drug-likeness (QED) is 0.871. The molecule has 1 aliphatic rings. The molecule has 0 fully saturated rings. The molecule has 6 nitrogen and oxygen atoms in total. The van der Waals surface area contributed by atoms with Crippen LogP contribution in [-0.4, -0.2) is 52.9 Å². The van der Waals surface area contributed by atoms with Gasteiger partial charge in [-0.3, -0.25) is 9.69 Å². The maximum atomic E-state index is 12.8. The summed E-state index contributed by atoms with van der Waals surface area (Å²) in [5, 5.41) is 17.3. The molecule has 2 unspecified atom stereocenters. The number of rotatable bonds is 6. The van der Waals surface area contributed by atoms with Crippen molar-refractivity contribution in [1.29, 1.82) is 0 Å². The van der Waals surface area contributed by atoms with Crippen LogP contribution in [0.3, 0.4) is 0 Å². The summed E-state index contributed by atoms with van der Waals surface area (Å²) in [4.78, 5) is 15.7. The number of thiophene rings is 1. The van der Waals surface area contributed by atoms with Crippen molar-refractivity contribution in [2.75, 3.05) is 20.2 Å². The van der Waals surface area contributed by atoms with Gasteiger partial charge in [0.1, 0.15) is 11.5 Å². The molecule has 0 aromatic carbocycles. The number of carbonyl (C=O) groups is 1. The topological polar surface area (TPSA) is 69.3 Å².